The summed E-state index contributed by atoms with van der Waals surface area (Å²) in [5.41, 5.74) is 1.37. The average molecular weight is 521 g/mol. The SMILES string of the molecule is O=C1C(=O)N(CC2CCCO2)C(c2ccc(Br)cc2)/C1=C(\O)c1ccc(Br)cc1. The van der Waals surface area contributed by atoms with Crippen molar-refractivity contribution >= 4 is 49.3 Å². The van der Waals surface area contributed by atoms with Gasteiger partial charge in [-0.2, -0.15) is 0 Å². The lowest BCUT2D eigenvalue weighted by molar-refractivity contribution is -0.140. The summed E-state index contributed by atoms with van der Waals surface area (Å²) in [6, 6.07) is 13.8. The summed E-state index contributed by atoms with van der Waals surface area (Å²) in [6.07, 6.45) is 1.69. The van der Waals surface area contributed by atoms with E-state index in [1.165, 1.54) is 4.90 Å². The molecule has 1 N–H and O–H groups in total. The number of amides is 1. The molecule has 0 radical (unpaired) electrons. The number of aliphatic hydroxyl groups excluding tert-OH is 1. The second kappa shape index (κ2) is 8.42. The van der Waals surface area contributed by atoms with Crippen molar-refractivity contribution in [3.63, 3.8) is 0 Å². The van der Waals surface area contributed by atoms with Crippen LogP contribution in [0.5, 0.6) is 0 Å². The van der Waals surface area contributed by atoms with Crippen LogP contribution in [0, 0.1) is 0 Å². The van der Waals surface area contributed by atoms with Crippen molar-refractivity contribution in [1.82, 2.24) is 4.90 Å². The van der Waals surface area contributed by atoms with Gasteiger partial charge in [-0.05, 0) is 42.7 Å². The Morgan fingerprint density at radius 1 is 1.03 bits per heavy atom. The molecule has 5 nitrogen and oxygen atoms in total. The minimum atomic E-state index is -0.670. The van der Waals surface area contributed by atoms with Crippen LogP contribution in [0.15, 0.2) is 63.0 Å². The van der Waals surface area contributed by atoms with E-state index in [-0.39, 0.29) is 17.4 Å². The number of nitrogens with zero attached hydrogens (tertiary/aromatic N) is 1. The highest BCUT2D eigenvalue weighted by Gasteiger charge is 2.47. The molecule has 2 atom stereocenters. The zero-order chi connectivity index (χ0) is 20.5. The van der Waals surface area contributed by atoms with Gasteiger partial charge in [0.05, 0.1) is 17.7 Å². The van der Waals surface area contributed by atoms with Crippen LogP contribution in [0.25, 0.3) is 5.76 Å². The normalized spacial score (nSPS) is 23.7. The quantitative estimate of drug-likeness (QED) is 0.357. The predicted molar refractivity (Wildman–Crippen MR) is 116 cm³/mol. The first-order valence-electron chi connectivity index (χ1n) is 9.37. The lowest BCUT2D eigenvalue weighted by Crippen LogP contribution is -2.36. The first kappa shape index (κ1) is 20.3. The fourth-order valence-electron chi connectivity index (χ4n) is 3.83. The lowest BCUT2D eigenvalue weighted by Gasteiger charge is -2.27. The number of hydrogen-bond acceptors (Lipinski definition) is 4. The molecule has 0 bridgehead atoms. The molecule has 1 amide bonds. The lowest BCUT2D eigenvalue weighted by atomic mass is 9.95. The maximum absolute atomic E-state index is 13.0. The zero-order valence-corrected chi connectivity index (χ0v) is 18.6. The first-order chi connectivity index (χ1) is 14.0. The number of aliphatic hydroxyl groups is 1. The number of rotatable bonds is 4. The van der Waals surface area contributed by atoms with Crippen LogP contribution in [-0.4, -0.2) is 41.0 Å². The summed E-state index contributed by atoms with van der Waals surface area (Å²) in [5, 5.41) is 11.0. The maximum Gasteiger partial charge on any atom is 0.295 e. The molecule has 2 aromatic carbocycles. The molecule has 0 spiro atoms. The molecule has 4 rings (SSSR count). The van der Waals surface area contributed by atoms with E-state index >= 15 is 0 Å². The number of halogens is 2. The number of carbonyl (C=O) groups excluding carboxylic acids is 2. The molecule has 0 aliphatic carbocycles. The minimum Gasteiger partial charge on any atom is -0.507 e. The van der Waals surface area contributed by atoms with Gasteiger partial charge in [0.25, 0.3) is 11.7 Å². The summed E-state index contributed by atoms with van der Waals surface area (Å²) in [4.78, 5) is 27.4. The minimum absolute atomic E-state index is 0.0983. The number of ether oxygens (including phenoxy) is 1. The van der Waals surface area contributed by atoms with Crippen LogP contribution in [0.2, 0.25) is 0 Å². The Bertz CT molecular complexity index is 963. The predicted octanol–water partition coefficient (Wildman–Crippen LogP) is 4.81. The third-order valence-electron chi connectivity index (χ3n) is 5.27. The molecule has 2 heterocycles. The van der Waals surface area contributed by atoms with Crippen LogP contribution in [-0.2, 0) is 14.3 Å². The van der Waals surface area contributed by atoms with Gasteiger partial charge in [0.2, 0.25) is 0 Å². The topological polar surface area (TPSA) is 66.8 Å². The van der Waals surface area contributed by atoms with Crippen molar-refractivity contribution in [3.05, 3.63) is 74.2 Å². The van der Waals surface area contributed by atoms with Gasteiger partial charge >= 0.3 is 0 Å². The second-order valence-corrected chi connectivity index (χ2v) is 8.98. The highest BCUT2D eigenvalue weighted by atomic mass is 79.9. The number of hydrogen-bond donors (Lipinski definition) is 1. The zero-order valence-electron chi connectivity index (χ0n) is 15.5. The van der Waals surface area contributed by atoms with Crippen LogP contribution < -0.4 is 0 Å². The van der Waals surface area contributed by atoms with Gasteiger partial charge in [0.15, 0.2) is 0 Å². The Hall–Kier alpha value is -1.96. The van der Waals surface area contributed by atoms with Crippen molar-refractivity contribution in [2.75, 3.05) is 13.2 Å². The van der Waals surface area contributed by atoms with E-state index in [9.17, 15) is 14.7 Å². The van der Waals surface area contributed by atoms with E-state index in [1.54, 1.807) is 24.3 Å². The van der Waals surface area contributed by atoms with Crippen molar-refractivity contribution in [1.29, 1.82) is 0 Å². The van der Waals surface area contributed by atoms with E-state index in [2.05, 4.69) is 31.9 Å². The molecule has 2 aliphatic heterocycles. The molecular weight excluding hydrogens is 502 g/mol. The molecule has 2 saturated heterocycles. The van der Waals surface area contributed by atoms with Crippen LogP contribution >= 0.6 is 31.9 Å². The number of benzene rings is 2. The molecule has 0 saturated carbocycles. The number of Topliss-reactive ketones (excluding diaryl/α,β-unsaturated/α-hetero) is 1. The van der Waals surface area contributed by atoms with Crippen LogP contribution in [0.1, 0.15) is 30.0 Å². The van der Waals surface area contributed by atoms with Crippen molar-refractivity contribution < 1.29 is 19.4 Å². The highest BCUT2D eigenvalue weighted by molar-refractivity contribution is 9.10. The van der Waals surface area contributed by atoms with Crippen molar-refractivity contribution in [2.45, 2.75) is 25.0 Å². The second-order valence-electron chi connectivity index (χ2n) is 7.14. The maximum atomic E-state index is 13.0. The Morgan fingerprint density at radius 2 is 1.66 bits per heavy atom. The summed E-state index contributed by atoms with van der Waals surface area (Å²) in [6.45, 7) is 0.985. The Kier molecular flexibility index (Phi) is 5.90. The molecule has 0 aromatic heterocycles. The number of carbonyl (C=O) groups is 2. The van der Waals surface area contributed by atoms with E-state index in [1.807, 2.05) is 24.3 Å². The third kappa shape index (κ3) is 4.04. The smallest absolute Gasteiger partial charge is 0.295 e. The molecule has 7 heteroatoms. The number of ketones is 1. The van der Waals surface area contributed by atoms with Crippen molar-refractivity contribution in [2.24, 2.45) is 0 Å². The van der Waals surface area contributed by atoms with Gasteiger partial charge < -0.3 is 14.7 Å². The van der Waals surface area contributed by atoms with Crippen LogP contribution in [0.3, 0.4) is 0 Å². The van der Waals surface area contributed by atoms with Gasteiger partial charge in [-0.15, -0.1) is 0 Å². The van der Waals surface area contributed by atoms with Gasteiger partial charge in [-0.1, -0.05) is 56.1 Å². The summed E-state index contributed by atoms with van der Waals surface area (Å²) < 4.78 is 7.45. The fourth-order valence-corrected chi connectivity index (χ4v) is 4.36. The van der Waals surface area contributed by atoms with Crippen LogP contribution in [0.4, 0.5) is 0 Å². The molecule has 2 fully saturated rings. The fraction of sp³-hybridized carbons (Fsp3) is 0.273. The van der Waals surface area contributed by atoms with E-state index in [0.29, 0.717) is 18.7 Å². The first-order valence-corrected chi connectivity index (χ1v) is 11.0. The van der Waals surface area contributed by atoms with E-state index in [0.717, 1.165) is 27.4 Å². The molecule has 2 aromatic rings. The average Bonchev–Trinajstić information content (AvgIpc) is 3.31. The van der Waals surface area contributed by atoms with E-state index < -0.39 is 17.7 Å². The van der Waals surface area contributed by atoms with Gasteiger partial charge in [-0.25, -0.2) is 0 Å². The molecule has 2 unspecified atom stereocenters. The third-order valence-corrected chi connectivity index (χ3v) is 6.33. The molecule has 2 aliphatic rings. The monoisotopic (exact) mass is 519 g/mol. The Balaban J connectivity index is 1.81. The van der Waals surface area contributed by atoms with Gasteiger partial charge in [0.1, 0.15) is 5.76 Å². The van der Waals surface area contributed by atoms with E-state index in [4.69, 9.17) is 4.74 Å². The Labute approximate surface area is 185 Å². The summed E-state index contributed by atoms with van der Waals surface area (Å²) in [5.74, 6) is -1.44. The standard InChI is InChI=1S/C22H19Br2NO4/c23-15-7-3-13(4-8-15)19-18(20(26)14-5-9-16(24)10-6-14)21(27)22(28)25(19)12-17-2-1-11-29-17/h3-10,17,19,26H,1-2,11-12H2/b20-18+. The van der Waals surface area contributed by atoms with Crippen molar-refractivity contribution in [3.8, 4) is 0 Å². The molecule has 29 heavy (non-hydrogen) atoms. The summed E-state index contributed by atoms with van der Waals surface area (Å²) in [7, 11) is 0. The summed E-state index contributed by atoms with van der Waals surface area (Å²) >= 11 is 6.79. The Morgan fingerprint density at radius 3 is 2.24 bits per heavy atom. The molecule has 150 valence electrons. The number of likely N-dealkylation sites (tertiary alicyclic amines) is 1. The molecular formula is C22H19Br2NO4. The largest absolute Gasteiger partial charge is 0.507 e. The van der Waals surface area contributed by atoms with Gasteiger partial charge in [-0.3, -0.25) is 9.59 Å². The van der Waals surface area contributed by atoms with Gasteiger partial charge in [0, 0.05) is 27.7 Å². The highest BCUT2D eigenvalue weighted by Crippen LogP contribution is 2.40.